The van der Waals surface area contributed by atoms with E-state index >= 15 is 0 Å². The van der Waals surface area contributed by atoms with Gasteiger partial charge in [-0.05, 0) is 31.6 Å². The highest BCUT2D eigenvalue weighted by Crippen LogP contribution is 2.25. The van der Waals surface area contributed by atoms with Crippen LogP contribution in [-0.2, 0) is 0 Å². The Morgan fingerprint density at radius 1 is 1.38 bits per heavy atom. The summed E-state index contributed by atoms with van der Waals surface area (Å²) in [6.45, 7) is 3.08. The van der Waals surface area contributed by atoms with E-state index < -0.39 is 0 Å². The third-order valence-electron chi connectivity index (χ3n) is 4.02. The van der Waals surface area contributed by atoms with E-state index in [-0.39, 0.29) is 18.7 Å². The van der Waals surface area contributed by atoms with Crippen LogP contribution in [0.3, 0.4) is 0 Å². The smallest absolute Gasteiger partial charge is 0.317 e. The number of hydrogen-bond donors (Lipinski definition) is 2. The lowest BCUT2D eigenvalue weighted by molar-refractivity contribution is 0.153. The number of urea groups is 1. The van der Waals surface area contributed by atoms with Gasteiger partial charge in [-0.1, -0.05) is 13.3 Å². The topological polar surface area (TPSA) is 52.6 Å². The lowest BCUT2D eigenvalue weighted by Gasteiger charge is -2.26. The molecule has 16 heavy (non-hydrogen) atoms. The quantitative estimate of drug-likeness (QED) is 0.746. The maximum atomic E-state index is 12.0. The third-order valence-corrected chi connectivity index (χ3v) is 4.02. The van der Waals surface area contributed by atoms with Gasteiger partial charge in [0.1, 0.15) is 0 Å². The number of aliphatic hydroxyl groups is 1. The lowest BCUT2D eigenvalue weighted by Crippen LogP contribution is -2.48. The number of nitrogens with one attached hydrogen (secondary N) is 1. The molecule has 1 aliphatic heterocycles. The van der Waals surface area contributed by atoms with Crippen molar-refractivity contribution < 1.29 is 9.90 Å². The number of aliphatic hydroxyl groups excluding tert-OH is 1. The van der Waals surface area contributed by atoms with E-state index in [1.807, 2.05) is 0 Å². The van der Waals surface area contributed by atoms with Crippen molar-refractivity contribution in [3.8, 4) is 0 Å². The fourth-order valence-electron chi connectivity index (χ4n) is 2.89. The summed E-state index contributed by atoms with van der Waals surface area (Å²) in [6, 6.07) is 0.402. The first-order valence-corrected chi connectivity index (χ1v) is 6.40. The number of rotatable bonds is 2. The SMILES string of the molecule is CC1CCCC1NC(=O)N1CCCC1CO. The van der Waals surface area contributed by atoms with Crippen molar-refractivity contribution in [3.63, 3.8) is 0 Å². The van der Waals surface area contributed by atoms with Crippen LogP contribution in [0.15, 0.2) is 0 Å². The molecule has 2 aliphatic rings. The normalized spacial score (nSPS) is 34.4. The Kier molecular flexibility index (Phi) is 3.69. The number of nitrogens with zero attached hydrogens (tertiary/aromatic N) is 1. The van der Waals surface area contributed by atoms with Crippen LogP contribution >= 0.6 is 0 Å². The zero-order valence-corrected chi connectivity index (χ0v) is 9.98. The highest BCUT2D eigenvalue weighted by molar-refractivity contribution is 5.75. The maximum Gasteiger partial charge on any atom is 0.317 e. The molecule has 1 saturated heterocycles. The molecule has 3 unspecified atom stereocenters. The summed E-state index contributed by atoms with van der Waals surface area (Å²) in [5.41, 5.74) is 0. The van der Waals surface area contributed by atoms with Gasteiger partial charge < -0.3 is 15.3 Å². The van der Waals surface area contributed by atoms with E-state index in [0.717, 1.165) is 25.8 Å². The van der Waals surface area contributed by atoms with Crippen LogP contribution in [0.25, 0.3) is 0 Å². The highest BCUT2D eigenvalue weighted by Gasteiger charge is 2.31. The van der Waals surface area contributed by atoms with E-state index in [0.29, 0.717) is 12.0 Å². The van der Waals surface area contributed by atoms with E-state index in [1.165, 1.54) is 12.8 Å². The molecule has 0 aromatic heterocycles. The zero-order valence-electron chi connectivity index (χ0n) is 9.98. The minimum atomic E-state index is 0.0234. The molecule has 0 aromatic rings. The van der Waals surface area contributed by atoms with Crippen LogP contribution in [0.1, 0.15) is 39.0 Å². The van der Waals surface area contributed by atoms with Crippen molar-refractivity contribution in [2.75, 3.05) is 13.2 Å². The molecule has 0 aromatic carbocycles. The molecule has 0 spiro atoms. The first-order chi connectivity index (χ1) is 7.72. The van der Waals surface area contributed by atoms with Crippen LogP contribution in [0, 0.1) is 5.92 Å². The molecule has 3 atom stereocenters. The summed E-state index contributed by atoms with van der Waals surface area (Å²) < 4.78 is 0. The fourth-order valence-corrected chi connectivity index (χ4v) is 2.89. The van der Waals surface area contributed by atoms with Crippen molar-refractivity contribution in [1.82, 2.24) is 10.2 Å². The van der Waals surface area contributed by atoms with Crippen LogP contribution in [0.5, 0.6) is 0 Å². The molecule has 1 aliphatic carbocycles. The van der Waals surface area contributed by atoms with Crippen LogP contribution in [0.4, 0.5) is 4.79 Å². The zero-order chi connectivity index (χ0) is 11.5. The summed E-state index contributed by atoms with van der Waals surface area (Å²) in [7, 11) is 0. The first-order valence-electron chi connectivity index (χ1n) is 6.40. The predicted molar refractivity (Wildman–Crippen MR) is 62.1 cm³/mol. The van der Waals surface area contributed by atoms with Gasteiger partial charge >= 0.3 is 6.03 Å². The number of carbonyl (C=O) groups excluding carboxylic acids is 1. The minimum absolute atomic E-state index is 0.0234. The molecule has 0 radical (unpaired) electrons. The second-order valence-corrected chi connectivity index (χ2v) is 5.14. The van der Waals surface area contributed by atoms with E-state index in [1.54, 1.807) is 4.90 Å². The second kappa shape index (κ2) is 5.04. The number of likely N-dealkylation sites (tertiary alicyclic amines) is 1. The molecule has 92 valence electrons. The summed E-state index contributed by atoms with van der Waals surface area (Å²) in [5.74, 6) is 0.596. The van der Waals surface area contributed by atoms with Gasteiger partial charge in [-0.15, -0.1) is 0 Å². The second-order valence-electron chi connectivity index (χ2n) is 5.14. The summed E-state index contributed by atoms with van der Waals surface area (Å²) in [5, 5.41) is 12.3. The van der Waals surface area contributed by atoms with Crippen LogP contribution in [0.2, 0.25) is 0 Å². The molecule has 2 rings (SSSR count). The summed E-state index contributed by atoms with van der Waals surface area (Å²) in [4.78, 5) is 13.8. The minimum Gasteiger partial charge on any atom is -0.394 e. The van der Waals surface area contributed by atoms with Crippen molar-refractivity contribution in [2.45, 2.75) is 51.1 Å². The van der Waals surface area contributed by atoms with Gasteiger partial charge in [-0.2, -0.15) is 0 Å². The Hall–Kier alpha value is -0.770. The van der Waals surface area contributed by atoms with E-state index in [9.17, 15) is 9.90 Å². The van der Waals surface area contributed by atoms with E-state index in [2.05, 4.69) is 12.2 Å². The molecule has 1 saturated carbocycles. The summed E-state index contributed by atoms with van der Waals surface area (Å²) in [6.07, 6.45) is 5.48. The monoisotopic (exact) mass is 226 g/mol. The van der Waals surface area contributed by atoms with Gasteiger partial charge in [-0.3, -0.25) is 0 Å². The van der Waals surface area contributed by atoms with Gasteiger partial charge in [0.05, 0.1) is 12.6 Å². The Labute approximate surface area is 97.0 Å². The first kappa shape index (κ1) is 11.7. The average Bonchev–Trinajstić information content (AvgIpc) is 2.87. The van der Waals surface area contributed by atoms with Gasteiger partial charge in [0.2, 0.25) is 0 Å². The van der Waals surface area contributed by atoms with Crippen molar-refractivity contribution in [3.05, 3.63) is 0 Å². The molecule has 1 heterocycles. The largest absolute Gasteiger partial charge is 0.394 e. The fraction of sp³-hybridized carbons (Fsp3) is 0.917. The molecule has 4 heteroatoms. The standard InChI is InChI=1S/C12H22N2O2/c1-9-4-2-6-11(9)13-12(16)14-7-3-5-10(14)8-15/h9-11,15H,2-8H2,1H3,(H,13,16). The Bertz CT molecular complexity index is 257. The molecule has 2 N–H and O–H groups in total. The molecule has 0 bridgehead atoms. The number of carbonyl (C=O) groups is 1. The van der Waals surface area contributed by atoms with Gasteiger partial charge in [0.15, 0.2) is 0 Å². The molecule has 2 fully saturated rings. The van der Waals surface area contributed by atoms with Crippen LogP contribution in [-0.4, -0.2) is 41.3 Å². The van der Waals surface area contributed by atoms with Gasteiger partial charge in [0.25, 0.3) is 0 Å². The highest BCUT2D eigenvalue weighted by atomic mass is 16.3. The van der Waals surface area contributed by atoms with Gasteiger partial charge in [0, 0.05) is 12.6 Å². The van der Waals surface area contributed by atoms with Crippen LogP contribution < -0.4 is 5.32 Å². The molecular formula is C12H22N2O2. The van der Waals surface area contributed by atoms with Crippen molar-refractivity contribution in [1.29, 1.82) is 0 Å². The van der Waals surface area contributed by atoms with Crippen molar-refractivity contribution >= 4 is 6.03 Å². The van der Waals surface area contributed by atoms with E-state index in [4.69, 9.17) is 0 Å². The predicted octanol–water partition coefficient (Wildman–Crippen LogP) is 1.34. The Morgan fingerprint density at radius 2 is 2.19 bits per heavy atom. The van der Waals surface area contributed by atoms with Crippen molar-refractivity contribution in [2.24, 2.45) is 5.92 Å². The molecule has 2 amide bonds. The van der Waals surface area contributed by atoms with Gasteiger partial charge in [-0.25, -0.2) is 4.79 Å². The molecular weight excluding hydrogens is 204 g/mol. The number of hydrogen-bond acceptors (Lipinski definition) is 2. The molecule has 4 nitrogen and oxygen atoms in total. The third kappa shape index (κ3) is 2.32. The maximum absolute atomic E-state index is 12.0. The Morgan fingerprint density at radius 3 is 2.81 bits per heavy atom. The summed E-state index contributed by atoms with van der Waals surface area (Å²) >= 11 is 0. The average molecular weight is 226 g/mol. The Balaban J connectivity index is 1.87. The lowest BCUT2D eigenvalue weighted by atomic mass is 10.1. The number of amides is 2.